The summed E-state index contributed by atoms with van der Waals surface area (Å²) < 4.78 is 0. The summed E-state index contributed by atoms with van der Waals surface area (Å²) in [6, 6.07) is 2.96. The van der Waals surface area contributed by atoms with Gasteiger partial charge in [-0.15, -0.1) is 11.3 Å². The fraction of sp³-hybridized carbons (Fsp3) is 0.636. The minimum Gasteiger partial charge on any atom is -0.312 e. The van der Waals surface area contributed by atoms with Gasteiger partial charge in [-0.05, 0) is 44.4 Å². The summed E-state index contributed by atoms with van der Waals surface area (Å²) in [5, 5.41) is 3.43. The highest BCUT2D eigenvalue weighted by Crippen LogP contribution is 2.38. The molecule has 0 spiro atoms. The highest BCUT2D eigenvalue weighted by Gasteiger charge is 2.26. The van der Waals surface area contributed by atoms with E-state index in [1.54, 1.807) is 10.4 Å². The molecule has 0 fully saturated rings. The Bertz CT molecular complexity index is 303. The summed E-state index contributed by atoms with van der Waals surface area (Å²) in [4.78, 5) is 3.04. The van der Waals surface area contributed by atoms with Crippen LogP contribution < -0.4 is 5.32 Å². The fourth-order valence-corrected chi connectivity index (χ4v) is 3.58. The first-order valence-electron chi connectivity index (χ1n) is 4.99. The molecular weight excluding hydrogens is 178 g/mol. The lowest BCUT2D eigenvalue weighted by molar-refractivity contribution is 0.371. The molecule has 1 nitrogen and oxygen atoms in total. The van der Waals surface area contributed by atoms with Crippen LogP contribution >= 0.6 is 11.3 Å². The highest BCUT2D eigenvalue weighted by atomic mass is 32.1. The zero-order chi connectivity index (χ0) is 9.42. The summed E-state index contributed by atoms with van der Waals surface area (Å²) in [6.07, 6.45) is 2.60. The van der Waals surface area contributed by atoms with Gasteiger partial charge in [-0.3, -0.25) is 0 Å². The van der Waals surface area contributed by atoms with Crippen molar-refractivity contribution < 1.29 is 0 Å². The molecule has 2 unspecified atom stereocenters. The molecule has 1 heterocycles. The lowest BCUT2D eigenvalue weighted by Gasteiger charge is -2.28. The van der Waals surface area contributed by atoms with E-state index < -0.39 is 0 Å². The van der Waals surface area contributed by atoms with Crippen molar-refractivity contribution in [2.75, 3.05) is 7.05 Å². The fourth-order valence-electron chi connectivity index (χ4n) is 2.27. The Morgan fingerprint density at radius 1 is 1.54 bits per heavy atom. The largest absolute Gasteiger partial charge is 0.312 e. The molecule has 13 heavy (non-hydrogen) atoms. The van der Waals surface area contributed by atoms with Gasteiger partial charge in [-0.1, -0.05) is 6.92 Å². The Kier molecular flexibility index (Phi) is 2.43. The Hall–Kier alpha value is -0.340. The number of fused-ring (bicyclic) bond motifs is 1. The maximum Gasteiger partial charge on any atom is 0.0441 e. The number of hydrogen-bond donors (Lipinski definition) is 1. The number of aryl methyl sites for hydroxylation is 2. The van der Waals surface area contributed by atoms with E-state index in [2.05, 4.69) is 32.3 Å². The zero-order valence-corrected chi connectivity index (χ0v) is 9.37. The van der Waals surface area contributed by atoms with Crippen LogP contribution in [0.3, 0.4) is 0 Å². The van der Waals surface area contributed by atoms with Gasteiger partial charge in [-0.2, -0.15) is 0 Å². The molecule has 2 heteroatoms. The molecule has 1 N–H and O–H groups in total. The van der Waals surface area contributed by atoms with E-state index in [-0.39, 0.29) is 0 Å². The average molecular weight is 195 g/mol. The monoisotopic (exact) mass is 195 g/mol. The van der Waals surface area contributed by atoms with Gasteiger partial charge < -0.3 is 5.32 Å². The average Bonchev–Trinajstić information content (AvgIpc) is 2.45. The summed E-state index contributed by atoms with van der Waals surface area (Å²) in [5.41, 5.74) is 1.58. The summed E-state index contributed by atoms with van der Waals surface area (Å²) in [5.74, 6) is 0.788. The quantitative estimate of drug-likeness (QED) is 0.726. The van der Waals surface area contributed by atoms with Crippen LogP contribution in [-0.2, 0) is 6.42 Å². The van der Waals surface area contributed by atoms with Crippen molar-refractivity contribution in [3.63, 3.8) is 0 Å². The molecule has 2 atom stereocenters. The van der Waals surface area contributed by atoms with Gasteiger partial charge in [0.05, 0.1) is 0 Å². The maximum absolute atomic E-state index is 3.43. The lowest BCUT2D eigenvalue weighted by atomic mass is 9.86. The van der Waals surface area contributed by atoms with Crippen LogP contribution in [0.15, 0.2) is 6.07 Å². The first-order valence-corrected chi connectivity index (χ1v) is 5.80. The summed E-state index contributed by atoms with van der Waals surface area (Å²) in [6.45, 7) is 4.56. The SMILES string of the molecule is CNC1c2sc(C)cc2CCC1C. The zero-order valence-electron chi connectivity index (χ0n) is 8.55. The molecule has 1 aliphatic carbocycles. The third kappa shape index (κ3) is 1.53. The predicted octanol–water partition coefficient (Wildman–Crippen LogP) is 2.90. The van der Waals surface area contributed by atoms with Gasteiger partial charge in [0.2, 0.25) is 0 Å². The van der Waals surface area contributed by atoms with Crippen molar-refractivity contribution in [2.24, 2.45) is 5.92 Å². The van der Waals surface area contributed by atoms with Gasteiger partial charge in [0, 0.05) is 15.8 Å². The Balaban J connectivity index is 2.38. The van der Waals surface area contributed by atoms with E-state index in [0.717, 1.165) is 5.92 Å². The van der Waals surface area contributed by atoms with Crippen LogP contribution in [0, 0.1) is 12.8 Å². The molecule has 0 radical (unpaired) electrons. The van der Waals surface area contributed by atoms with Gasteiger partial charge in [0.1, 0.15) is 0 Å². The van der Waals surface area contributed by atoms with Gasteiger partial charge in [0.15, 0.2) is 0 Å². The molecular formula is C11H17NS. The molecule has 72 valence electrons. The number of thiophene rings is 1. The van der Waals surface area contributed by atoms with Crippen LogP contribution in [-0.4, -0.2) is 7.05 Å². The number of hydrogen-bond acceptors (Lipinski definition) is 2. The van der Waals surface area contributed by atoms with E-state index in [1.807, 2.05) is 11.3 Å². The van der Waals surface area contributed by atoms with Crippen LogP contribution in [0.25, 0.3) is 0 Å². The molecule has 0 bridgehead atoms. The van der Waals surface area contributed by atoms with Crippen LogP contribution in [0.4, 0.5) is 0 Å². The minimum atomic E-state index is 0.599. The first-order chi connectivity index (χ1) is 6.22. The first kappa shape index (κ1) is 9.22. The van der Waals surface area contributed by atoms with Crippen LogP contribution in [0.2, 0.25) is 0 Å². The second kappa shape index (κ2) is 3.43. The van der Waals surface area contributed by atoms with Gasteiger partial charge in [0.25, 0.3) is 0 Å². The van der Waals surface area contributed by atoms with Crippen molar-refractivity contribution in [3.8, 4) is 0 Å². The maximum atomic E-state index is 3.43. The minimum absolute atomic E-state index is 0.599. The van der Waals surface area contributed by atoms with Crippen molar-refractivity contribution >= 4 is 11.3 Å². The summed E-state index contributed by atoms with van der Waals surface area (Å²) >= 11 is 1.96. The second-order valence-corrected chi connectivity index (χ2v) is 5.32. The molecule has 1 aromatic rings. The molecule has 0 aromatic carbocycles. The molecule has 0 amide bonds. The lowest BCUT2D eigenvalue weighted by Crippen LogP contribution is -2.26. The van der Waals surface area contributed by atoms with Crippen LogP contribution in [0.5, 0.6) is 0 Å². The molecule has 2 rings (SSSR count). The van der Waals surface area contributed by atoms with E-state index in [0.29, 0.717) is 6.04 Å². The molecule has 0 saturated heterocycles. The van der Waals surface area contributed by atoms with E-state index in [4.69, 9.17) is 0 Å². The van der Waals surface area contributed by atoms with Crippen molar-refractivity contribution in [1.82, 2.24) is 5.32 Å². The molecule has 1 aromatic heterocycles. The highest BCUT2D eigenvalue weighted by molar-refractivity contribution is 7.12. The molecule has 1 aliphatic rings. The number of nitrogens with one attached hydrogen (secondary N) is 1. The Morgan fingerprint density at radius 3 is 3.00 bits per heavy atom. The van der Waals surface area contributed by atoms with Crippen molar-refractivity contribution in [3.05, 3.63) is 21.4 Å². The normalized spacial score (nSPS) is 27.3. The topological polar surface area (TPSA) is 12.0 Å². The van der Waals surface area contributed by atoms with Gasteiger partial charge in [-0.25, -0.2) is 0 Å². The van der Waals surface area contributed by atoms with E-state index >= 15 is 0 Å². The Labute approximate surface area is 84.2 Å². The third-order valence-electron chi connectivity index (χ3n) is 3.00. The van der Waals surface area contributed by atoms with Crippen molar-refractivity contribution in [2.45, 2.75) is 32.7 Å². The smallest absolute Gasteiger partial charge is 0.0441 e. The van der Waals surface area contributed by atoms with Crippen LogP contribution in [0.1, 0.15) is 34.7 Å². The van der Waals surface area contributed by atoms with E-state index in [9.17, 15) is 0 Å². The summed E-state index contributed by atoms with van der Waals surface area (Å²) in [7, 11) is 2.07. The number of rotatable bonds is 1. The second-order valence-electron chi connectivity index (χ2n) is 4.03. The predicted molar refractivity (Wildman–Crippen MR) is 58.3 cm³/mol. The standard InChI is InChI=1S/C11H17NS/c1-7-4-5-9-6-8(2)13-11(9)10(7)12-3/h6-7,10,12H,4-5H2,1-3H3. The molecule has 0 aliphatic heterocycles. The Morgan fingerprint density at radius 2 is 2.31 bits per heavy atom. The van der Waals surface area contributed by atoms with E-state index in [1.165, 1.54) is 17.7 Å². The molecule has 0 saturated carbocycles. The third-order valence-corrected chi connectivity index (χ3v) is 4.17. The van der Waals surface area contributed by atoms with Gasteiger partial charge >= 0.3 is 0 Å². The van der Waals surface area contributed by atoms with Crippen molar-refractivity contribution in [1.29, 1.82) is 0 Å².